The number of anilines is 1. The van der Waals surface area contributed by atoms with Gasteiger partial charge in [0.15, 0.2) is 11.6 Å². The molecule has 78 valence electrons. The van der Waals surface area contributed by atoms with Gasteiger partial charge in [0.05, 0.1) is 5.69 Å². The third-order valence-corrected chi connectivity index (χ3v) is 1.98. The first-order valence-electron chi connectivity index (χ1n) is 4.56. The molecule has 14 heavy (non-hydrogen) atoms. The first kappa shape index (κ1) is 10.8. The molecule has 0 amide bonds. The lowest BCUT2D eigenvalue weighted by atomic mass is 10.2. The van der Waals surface area contributed by atoms with E-state index in [2.05, 4.69) is 15.3 Å². The minimum Gasteiger partial charge on any atom is -0.367 e. The SMILES string of the molecule is Cc1ncnc(NCC(C)CN)c1F. The lowest BCUT2D eigenvalue weighted by molar-refractivity contribution is 0.591. The number of nitrogens with zero attached hydrogens (tertiary/aromatic N) is 2. The molecule has 1 heterocycles. The average Bonchev–Trinajstić information content (AvgIpc) is 2.20. The zero-order chi connectivity index (χ0) is 10.6. The average molecular weight is 198 g/mol. The number of halogens is 1. The Balaban J connectivity index is 2.63. The fourth-order valence-electron chi connectivity index (χ4n) is 0.935. The van der Waals surface area contributed by atoms with E-state index in [-0.39, 0.29) is 5.82 Å². The molecular formula is C9H15FN4. The van der Waals surface area contributed by atoms with Gasteiger partial charge in [0.1, 0.15) is 6.33 Å². The molecule has 0 radical (unpaired) electrons. The van der Waals surface area contributed by atoms with Crippen molar-refractivity contribution in [3.05, 3.63) is 17.8 Å². The van der Waals surface area contributed by atoms with Crippen molar-refractivity contribution in [2.75, 3.05) is 18.4 Å². The molecule has 3 N–H and O–H groups in total. The Morgan fingerprint density at radius 1 is 1.57 bits per heavy atom. The van der Waals surface area contributed by atoms with E-state index in [1.807, 2.05) is 6.92 Å². The van der Waals surface area contributed by atoms with Crippen LogP contribution in [0.15, 0.2) is 6.33 Å². The molecule has 0 aliphatic heterocycles. The van der Waals surface area contributed by atoms with Crippen LogP contribution in [-0.2, 0) is 0 Å². The van der Waals surface area contributed by atoms with Crippen LogP contribution in [0.5, 0.6) is 0 Å². The highest BCUT2D eigenvalue weighted by molar-refractivity contribution is 5.36. The van der Waals surface area contributed by atoms with E-state index in [0.29, 0.717) is 24.7 Å². The predicted octanol–water partition coefficient (Wildman–Crippen LogP) is 0.931. The summed E-state index contributed by atoms with van der Waals surface area (Å²) in [5, 5.41) is 2.90. The Hall–Kier alpha value is -1.23. The minimum atomic E-state index is -0.392. The minimum absolute atomic E-state index is 0.248. The van der Waals surface area contributed by atoms with Gasteiger partial charge in [-0.3, -0.25) is 0 Å². The Morgan fingerprint density at radius 3 is 2.93 bits per heavy atom. The first-order chi connectivity index (χ1) is 6.65. The van der Waals surface area contributed by atoms with Crippen LogP contribution in [0.2, 0.25) is 0 Å². The van der Waals surface area contributed by atoms with Gasteiger partial charge in [-0.25, -0.2) is 14.4 Å². The van der Waals surface area contributed by atoms with Crippen molar-refractivity contribution < 1.29 is 4.39 Å². The number of aryl methyl sites for hydroxylation is 1. The summed E-state index contributed by atoms with van der Waals surface area (Å²) in [7, 11) is 0. The molecule has 1 atom stereocenters. The summed E-state index contributed by atoms with van der Waals surface area (Å²) in [5.41, 5.74) is 5.79. The van der Waals surface area contributed by atoms with Crippen molar-refractivity contribution in [3.63, 3.8) is 0 Å². The van der Waals surface area contributed by atoms with Crippen LogP contribution < -0.4 is 11.1 Å². The summed E-state index contributed by atoms with van der Waals surface area (Å²) in [5.74, 6) is 0.152. The quantitative estimate of drug-likeness (QED) is 0.755. The van der Waals surface area contributed by atoms with E-state index < -0.39 is 5.82 Å². The molecule has 0 aliphatic carbocycles. The molecule has 1 rings (SSSR count). The van der Waals surface area contributed by atoms with Crippen molar-refractivity contribution in [1.29, 1.82) is 0 Å². The Labute approximate surface area is 82.8 Å². The molecule has 4 nitrogen and oxygen atoms in total. The topological polar surface area (TPSA) is 63.8 Å². The van der Waals surface area contributed by atoms with Crippen LogP contribution in [0.3, 0.4) is 0 Å². The summed E-state index contributed by atoms with van der Waals surface area (Å²) < 4.78 is 13.3. The molecule has 1 aromatic rings. The Morgan fingerprint density at radius 2 is 2.29 bits per heavy atom. The van der Waals surface area contributed by atoms with Crippen molar-refractivity contribution in [2.45, 2.75) is 13.8 Å². The van der Waals surface area contributed by atoms with Gasteiger partial charge in [-0.05, 0) is 19.4 Å². The van der Waals surface area contributed by atoms with Gasteiger partial charge in [0.2, 0.25) is 0 Å². The van der Waals surface area contributed by atoms with Crippen LogP contribution >= 0.6 is 0 Å². The van der Waals surface area contributed by atoms with Gasteiger partial charge in [-0.2, -0.15) is 0 Å². The zero-order valence-corrected chi connectivity index (χ0v) is 8.42. The Kier molecular flexibility index (Phi) is 3.76. The molecule has 0 aliphatic rings. The second-order valence-corrected chi connectivity index (χ2v) is 3.34. The van der Waals surface area contributed by atoms with Crippen molar-refractivity contribution in [2.24, 2.45) is 11.7 Å². The maximum atomic E-state index is 13.3. The van der Waals surface area contributed by atoms with Gasteiger partial charge in [0, 0.05) is 6.54 Å². The third kappa shape index (κ3) is 2.63. The molecule has 1 aromatic heterocycles. The van der Waals surface area contributed by atoms with Crippen LogP contribution in [-0.4, -0.2) is 23.1 Å². The maximum absolute atomic E-state index is 13.3. The van der Waals surface area contributed by atoms with E-state index in [1.165, 1.54) is 6.33 Å². The number of rotatable bonds is 4. The molecule has 0 saturated heterocycles. The second kappa shape index (κ2) is 4.85. The normalized spacial score (nSPS) is 12.6. The van der Waals surface area contributed by atoms with Gasteiger partial charge in [0.25, 0.3) is 0 Å². The predicted molar refractivity (Wildman–Crippen MR) is 53.4 cm³/mol. The molecule has 0 fully saturated rings. The molecule has 1 unspecified atom stereocenters. The number of hydrogen-bond acceptors (Lipinski definition) is 4. The number of nitrogens with one attached hydrogen (secondary N) is 1. The lowest BCUT2D eigenvalue weighted by Crippen LogP contribution is -2.20. The Bertz CT molecular complexity index is 303. The summed E-state index contributed by atoms with van der Waals surface area (Å²) in [6.07, 6.45) is 1.34. The highest BCUT2D eigenvalue weighted by Gasteiger charge is 2.07. The highest BCUT2D eigenvalue weighted by atomic mass is 19.1. The zero-order valence-electron chi connectivity index (χ0n) is 8.42. The monoisotopic (exact) mass is 198 g/mol. The molecule has 0 spiro atoms. The fourth-order valence-corrected chi connectivity index (χ4v) is 0.935. The lowest BCUT2D eigenvalue weighted by Gasteiger charge is -2.11. The van der Waals surface area contributed by atoms with Crippen molar-refractivity contribution in [3.8, 4) is 0 Å². The summed E-state index contributed by atoms with van der Waals surface area (Å²) in [6, 6.07) is 0. The van der Waals surface area contributed by atoms with Crippen LogP contribution in [0.4, 0.5) is 10.2 Å². The fraction of sp³-hybridized carbons (Fsp3) is 0.556. The van der Waals surface area contributed by atoms with E-state index in [1.54, 1.807) is 6.92 Å². The summed E-state index contributed by atoms with van der Waals surface area (Å²) in [6.45, 7) is 4.77. The summed E-state index contributed by atoms with van der Waals surface area (Å²) in [4.78, 5) is 7.54. The van der Waals surface area contributed by atoms with E-state index in [0.717, 1.165) is 0 Å². The van der Waals surface area contributed by atoms with Gasteiger partial charge < -0.3 is 11.1 Å². The smallest absolute Gasteiger partial charge is 0.186 e. The molecule has 0 bridgehead atoms. The van der Waals surface area contributed by atoms with E-state index >= 15 is 0 Å². The second-order valence-electron chi connectivity index (χ2n) is 3.34. The van der Waals surface area contributed by atoms with Crippen LogP contribution in [0, 0.1) is 18.7 Å². The molecule has 0 aromatic carbocycles. The van der Waals surface area contributed by atoms with Gasteiger partial charge >= 0.3 is 0 Å². The summed E-state index contributed by atoms with van der Waals surface area (Å²) >= 11 is 0. The van der Waals surface area contributed by atoms with Crippen LogP contribution in [0.1, 0.15) is 12.6 Å². The van der Waals surface area contributed by atoms with E-state index in [9.17, 15) is 4.39 Å². The molecule has 0 saturated carbocycles. The number of aromatic nitrogens is 2. The number of hydrogen-bond donors (Lipinski definition) is 2. The highest BCUT2D eigenvalue weighted by Crippen LogP contribution is 2.11. The van der Waals surface area contributed by atoms with Gasteiger partial charge in [-0.15, -0.1) is 0 Å². The molecule has 5 heteroatoms. The van der Waals surface area contributed by atoms with E-state index in [4.69, 9.17) is 5.73 Å². The van der Waals surface area contributed by atoms with Crippen molar-refractivity contribution in [1.82, 2.24) is 9.97 Å². The first-order valence-corrected chi connectivity index (χ1v) is 4.56. The van der Waals surface area contributed by atoms with Crippen molar-refractivity contribution >= 4 is 5.82 Å². The largest absolute Gasteiger partial charge is 0.367 e. The number of nitrogens with two attached hydrogens (primary N) is 1. The van der Waals surface area contributed by atoms with Gasteiger partial charge in [-0.1, -0.05) is 6.92 Å². The maximum Gasteiger partial charge on any atom is 0.186 e. The standard InChI is InChI=1S/C9H15FN4/c1-6(3-11)4-12-9-8(10)7(2)13-5-14-9/h5-6H,3-4,11H2,1-2H3,(H,12,13,14). The third-order valence-electron chi connectivity index (χ3n) is 1.98. The molecular weight excluding hydrogens is 183 g/mol. The van der Waals surface area contributed by atoms with Crippen LogP contribution in [0.25, 0.3) is 0 Å².